The van der Waals surface area contributed by atoms with Gasteiger partial charge in [0.05, 0.1) is 32.0 Å². The first-order valence-electron chi connectivity index (χ1n) is 11.7. The highest BCUT2D eigenvalue weighted by Gasteiger charge is 2.30. The van der Waals surface area contributed by atoms with Gasteiger partial charge in [0, 0.05) is 23.7 Å². The minimum absolute atomic E-state index is 0.0949. The Morgan fingerprint density at radius 3 is 2.55 bits per heavy atom. The van der Waals surface area contributed by atoms with E-state index in [1.54, 1.807) is 26.4 Å². The molecule has 1 saturated carbocycles. The SMILES string of the molecule is COc1ccc(C2CCCN2CC(=O)Nc2ccccc2C(=O)NC2CCCC2)c(OC)c1. The number of nitrogens with one attached hydrogen (secondary N) is 2. The summed E-state index contributed by atoms with van der Waals surface area (Å²) in [5, 5.41) is 6.08. The van der Waals surface area contributed by atoms with Crippen molar-refractivity contribution in [3.63, 3.8) is 0 Å². The second-order valence-corrected chi connectivity index (χ2v) is 8.78. The van der Waals surface area contributed by atoms with E-state index in [-0.39, 0.29) is 30.4 Å². The van der Waals surface area contributed by atoms with Crippen LogP contribution in [0.2, 0.25) is 0 Å². The van der Waals surface area contributed by atoms with Gasteiger partial charge in [0.2, 0.25) is 5.91 Å². The third-order valence-corrected chi connectivity index (χ3v) is 6.65. The molecule has 0 radical (unpaired) electrons. The highest BCUT2D eigenvalue weighted by molar-refractivity contribution is 6.04. The van der Waals surface area contributed by atoms with Gasteiger partial charge in [0.25, 0.3) is 5.91 Å². The van der Waals surface area contributed by atoms with E-state index in [1.165, 1.54) is 0 Å². The van der Waals surface area contributed by atoms with Gasteiger partial charge in [-0.1, -0.05) is 31.0 Å². The van der Waals surface area contributed by atoms with Crippen molar-refractivity contribution in [3.8, 4) is 11.5 Å². The Balaban J connectivity index is 1.43. The number of nitrogens with zero attached hydrogens (tertiary/aromatic N) is 1. The summed E-state index contributed by atoms with van der Waals surface area (Å²) < 4.78 is 10.9. The fourth-order valence-corrected chi connectivity index (χ4v) is 4.96. The van der Waals surface area contributed by atoms with Gasteiger partial charge < -0.3 is 20.1 Å². The molecular formula is C26H33N3O4. The van der Waals surface area contributed by atoms with Crippen molar-refractivity contribution in [3.05, 3.63) is 53.6 Å². The summed E-state index contributed by atoms with van der Waals surface area (Å²) in [6, 6.07) is 13.4. The van der Waals surface area contributed by atoms with Gasteiger partial charge in [-0.3, -0.25) is 14.5 Å². The van der Waals surface area contributed by atoms with Crippen LogP contribution in [-0.2, 0) is 4.79 Å². The fraction of sp³-hybridized carbons (Fsp3) is 0.462. The molecule has 4 rings (SSSR count). The lowest BCUT2D eigenvalue weighted by Crippen LogP contribution is -2.35. The normalized spacial score (nSPS) is 18.8. The monoisotopic (exact) mass is 451 g/mol. The number of anilines is 1. The van der Waals surface area contributed by atoms with Crippen LogP contribution < -0.4 is 20.1 Å². The molecule has 0 aromatic heterocycles. The third-order valence-electron chi connectivity index (χ3n) is 6.65. The summed E-state index contributed by atoms with van der Waals surface area (Å²) in [4.78, 5) is 28.0. The number of methoxy groups -OCH3 is 2. The first-order valence-corrected chi connectivity index (χ1v) is 11.7. The van der Waals surface area contributed by atoms with E-state index in [9.17, 15) is 9.59 Å². The molecule has 2 amide bonds. The summed E-state index contributed by atoms with van der Waals surface area (Å²) in [6.45, 7) is 1.08. The molecule has 2 aromatic rings. The smallest absolute Gasteiger partial charge is 0.253 e. The lowest BCUT2D eigenvalue weighted by molar-refractivity contribution is -0.117. The molecule has 1 aliphatic heterocycles. The van der Waals surface area contributed by atoms with Crippen molar-refractivity contribution < 1.29 is 19.1 Å². The lowest BCUT2D eigenvalue weighted by Gasteiger charge is -2.26. The number of likely N-dealkylation sites (tertiary alicyclic amines) is 1. The Morgan fingerprint density at radius 2 is 1.79 bits per heavy atom. The first-order chi connectivity index (χ1) is 16.1. The highest BCUT2D eigenvalue weighted by atomic mass is 16.5. The predicted octanol–water partition coefficient (Wildman–Crippen LogP) is 4.15. The molecule has 0 bridgehead atoms. The summed E-state index contributed by atoms with van der Waals surface area (Å²) >= 11 is 0. The Bertz CT molecular complexity index is 987. The molecule has 176 valence electrons. The maximum Gasteiger partial charge on any atom is 0.253 e. The van der Waals surface area contributed by atoms with Crippen LogP contribution in [0.3, 0.4) is 0 Å². The summed E-state index contributed by atoms with van der Waals surface area (Å²) in [6.07, 6.45) is 6.30. The van der Waals surface area contributed by atoms with Crippen LogP contribution >= 0.6 is 0 Å². The molecule has 1 aliphatic carbocycles. The van der Waals surface area contributed by atoms with E-state index < -0.39 is 0 Å². The van der Waals surface area contributed by atoms with E-state index >= 15 is 0 Å². The van der Waals surface area contributed by atoms with Crippen LogP contribution in [0.4, 0.5) is 5.69 Å². The summed E-state index contributed by atoms with van der Waals surface area (Å²) in [7, 11) is 3.28. The predicted molar refractivity (Wildman–Crippen MR) is 128 cm³/mol. The van der Waals surface area contributed by atoms with E-state index in [0.29, 0.717) is 11.3 Å². The van der Waals surface area contributed by atoms with Crippen LogP contribution in [0.25, 0.3) is 0 Å². The molecule has 7 heteroatoms. The van der Waals surface area contributed by atoms with Crippen molar-refractivity contribution >= 4 is 17.5 Å². The van der Waals surface area contributed by atoms with Gasteiger partial charge in [0.15, 0.2) is 0 Å². The number of rotatable bonds is 8. The number of carbonyl (C=O) groups is 2. The Hall–Kier alpha value is -3.06. The van der Waals surface area contributed by atoms with Crippen molar-refractivity contribution in [2.75, 3.05) is 32.6 Å². The van der Waals surface area contributed by atoms with Gasteiger partial charge in [-0.25, -0.2) is 0 Å². The molecule has 1 heterocycles. The van der Waals surface area contributed by atoms with Crippen molar-refractivity contribution in [2.24, 2.45) is 0 Å². The second-order valence-electron chi connectivity index (χ2n) is 8.78. The van der Waals surface area contributed by atoms with Crippen molar-refractivity contribution in [1.29, 1.82) is 0 Å². The van der Waals surface area contributed by atoms with Gasteiger partial charge in [-0.2, -0.15) is 0 Å². The third kappa shape index (κ3) is 5.47. The summed E-state index contributed by atoms with van der Waals surface area (Å²) in [5.74, 6) is 1.25. The fourth-order valence-electron chi connectivity index (χ4n) is 4.96. The Labute approximate surface area is 195 Å². The zero-order valence-corrected chi connectivity index (χ0v) is 19.4. The molecule has 0 spiro atoms. The Morgan fingerprint density at radius 1 is 1.00 bits per heavy atom. The molecular weight excluding hydrogens is 418 g/mol. The molecule has 2 aliphatic rings. The molecule has 7 nitrogen and oxygen atoms in total. The number of ether oxygens (including phenoxy) is 2. The highest BCUT2D eigenvalue weighted by Crippen LogP contribution is 2.38. The molecule has 2 fully saturated rings. The standard InChI is InChI=1S/C26H33N3O4/c1-32-19-13-14-21(24(16-19)33-2)23-12-7-15-29(23)17-25(30)28-22-11-6-5-10-20(22)26(31)27-18-8-3-4-9-18/h5-6,10-11,13-14,16,18,23H,3-4,7-9,12,15,17H2,1-2H3,(H,27,31)(H,28,30). The Kier molecular flexibility index (Phi) is 7.50. The molecule has 1 unspecified atom stereocenters. The number of hydrogen-bond donors (Lipinski definition) is 2. The molecule has 33 heavy (non-hydrogen) atoms. The molecule has 1 saturated heterocycles. The molecule has 2 aromatic carbocycles. The van der Waals surface area contributed by atoms with Crippen LogP contribution in [0.15, 0.2) is 42.5 Å². The van der Waals surface area contributed by atoms with Gasteiger partial charge in [-0.05, 0) is 50.4 Å². The number of carbonyl (C=O) groups excluding carboxylic acids is 2. The van der Waals surface area contributed by atoms with Gasteiger partial charge in [0.1, 0.15) is 11.5 Å². The van der Waals surface area contributed by atoms with Crippen molar-refractivity contribution in [1.82, 2.24) is 10.2 Å². The van der Waals surface area contributed by atoms with Crippen LogP contribution in [0.1, 0.15) is 60.5 Å². The average molecular weight is 452 g/mol. The zero-order valence-electron chi connectivity index (χ0n) is 19.4. The molecule has 1 atom stereocenters. The van der Waals surface area contributed by atoms with E-state index in [2.05, 4.69) is 15.5 Å². The maximum atomic E-state index is 13.0. The maximum absolute atomic E-state index is 13.0. The van der Waals surface area contributed by atoms with E-state index in [1.807, 2.05) is 30.3 Å². The van der Waals surface area contributed by atoms with Crippen LogP contribution in [0, 0.1) is 0 Å². The minimum Gasteiger partial charge on any atom is -0.497 e. The van der Waals surface area contributed by atoms with Crippen LogP contribution in [-0.4, -0.2) is 50.1 Å². The largest absolute Gasteiger partial charge is 0.497 e. The van der Waals surface area contributed by atoms with Crippen molar-refractivity contribution in [2.45, 2.75) is 50.6 Å². The second kappa shape index (κ2) is 10.7. The van der Waals surface area contributed by atoms with E-state index in [0.717, 1.165) is 62.1 Å². The van der Waals surface area contributed by atoms with Crippen LogP contribution in [0.5, 0.6) is 11.5 Å². The molecule has 2 N–H and O–H groups in total. The number of amides is 2. The first kappa shape index (κ1) is 23.1. The number of benzene rings is 2. The average Bonchev–Trinajstić information content (AvgIpc) is 3.51. The lowest BCUT2D eigenvalue weighted by atomic mass is 10.0. The van der Waals surface area contributed by atoms with E-state index in [4.69, 9.17) is 9.47 Å². The van der Waals surface area contributed by atoms with Gasteiger partial charge in [-0.15, -0.1) is 0 Å². The topological polar surface area (TPSA) is 79.9 Å². The minimum atomic E-state index is -0.129. The number of para-hydroxylation sites is 1. The number of hydrogen-bond acceptors (Lipinski definition) is 5. The summed E-state index contributed by atoms with van der Waals surface area (Å²) in [5.41, 5.74) is 2.11. The zero-order chi connectivity index (χ0) is 23.2. The quantitative estimate of drug-likeness (QED) is 0.630. The van der Waals surface area contributed by atoms with Gasteiger partial charge >= 0.3 is 0 Å².